The fourth-order valence-corrected chi connectivity index (χ4v) is 2.95. The van der Waals surface area contributed by atoms with Gasteiger partial charge in [-0.3, -0.25) is 9.59 Å². The molecule has 1 aromatic rings. The number of nitrogens with zero attached hydrogens (tertiary/aromatic N) is 1. The van der Waals surface area contributed by atoms with Gasteiger partial charge < -0.3 is 15.3 Å². The molecular weight excluding hydrogens is 321 g/mol. The van der Waals surface area contributed by atoms with Gasteiger partial charge in [0.15, 0.2) is 0 Å². The first-order valence-electron chi connectivity index (χ1n) is 6.58. The van der Waals surface area contributed by atoms with Gasteiger partial charge in [0.25, 0.3) is 0 Å². The molecule has 2 amide bonds. The molecule has 0 bridgehead atoms. The minimum Gasteiger partial charge on any atom is -0.387 e. The van der Waals surface area contributed by atoms with Gasteiger partial charge in [-0.1, -0.05) is 0 Å². The highest BCUT2D eigenvalue weighted by atomic mass is 32.1. The summed E-state index contributed by atoms with van der Waals surface area (Å²) < 4.78 is 36.9. The Morgan fingerprint density at radius 2 is 2.27 bits per heavy atom. The molecule has 2 unspecified atom stereocenters. The number of halogens is 3. The van der Waals surface area contributed by atoms with Crippen LogP contribution >= 0.6 is 11.3 Å². The van der Waals surface area contributed by atoms with E-state index in [9.17, 15) is 27.9 Å². The zero-order chi connectivity index (χ0) is 16.3. The Hall–Kier alpha value is -1.61. The lowest BCUT2D eigenvalue weighted by Crippen LogP contribution is -2.38. The molecule has 22 heavy (non-hydrogen) atoms. The topological polar surface area (TPSA) is 69.6 Å². The predicted molar refractivity (Wildman–Crippen MR) is 73.0 cm³/mol. The number of nitrogens with one attached hydrogen (secondary N) is 1. The van der Waals surface area contributed by atoms with Gasteiger partial charge in [-0.2, -0.15) is 24.5 Å². The summed E-state index contributed by atoms with van der Waals surface area (Å²) in [4.78, 5) is 24.0. The van der Waals surface area contributed by atoms with Gasteiger partial charge >= 0.3 is 6.18 Å². The average Bonchev–Trinajstić information content (AvgIpc) is 3.05. The summed E-state index contributed by atoms with van der Waals surface area (Å²) in [5, 5.41) is 15.8. The highest BCUT2D eigenvalue weighted by Gasteiger charge is 2.40. The van der Waals surface area contributed by atoms with Gasteiger partial charge in [-0.05, 0) is 22.4 Å². The number of likely N-dealkylation sites (tertiary alicyclic amines) is 1. The average molecular weight is 336 g/mol. The first kappa shape index (κ1) is 16.8. The van der Waals surface area contributed by atoms with Crippen LogP contribution in [0.15, 0.2) is 16.8 Å². The third kappa shape index (κ3) is 4.44. The molecule has 2 N–H and O–H groups in total. The lowest BCUT2D eigenvalue weighted by molar-refractivity contribution is -0.157. The number of amides is 2. The summed E-state index contributed by atoms with van der Waals surface area (Å²) in [5.41, 5.74) is 0.659. The Morgan fingerprint density at radius 1 is 1.55 bits per heavy atom. The monoisotopic (exact) mass is 336 g/mol. The summed E-state index contributed by atoms with van der Waals surface area (Å²) in [6.45, 7) is -1.63. The van der Waals surface area contributed by atoms with Crippen molar-refractivity contribution in [3.63, 3.8) is 0 Å². The van der Waals surface area contributed by atoms with Crippen molar-refractivity contribution in [1.82, 2.24) is 10.2 Å². The molecule has 122 valence electrons. The molecule has 0 radical (unpaired) electrons. The second-order valence-corrected chi connectivity index (χ2v) is 5.89. The van der Waals surface area contributed by atoms with E-state index in [-0.39, 0.29) is 19.5 Å². The van der Waals surface area contributed by atoms with E-state index in [1.807, 2.05) is 0 Å². The van der Waals surface area contributed by atoms with Crippen LogP contribution in [0, 0.1) is 5.92 Å². The number of carbonyl (C=O) groups excluding carboxylic acids is 2. The van der Waals surface area contributed by atoms with Gasteiger partial charge in [-0.15, -0.1) is 0 Å². The molecule has 1 aliphatic heterocycles. The second-order valence-electron chi connectivity index (χ2n) is 5.11. The van der Waals surface area contributed by atoms with Crippen molar-refractivity contribution in [2.45, 2.75) is 18.7 Å². The molecule has 0 saturated carbocycles. The molecule has 0 aromatic carbocycles. The molecule has 1 saturated heterocycles. The van der Waals surface area contributed by atoms with Crippen LogP contribution in [0.2, 0.25) is 0 Å². The quantitative estimate of drug-likeness (QED) is 0.852. The molecule has 1 fully saturated rings. The summed E-state index contributed by atoms with van der Waals surface area (Å²) in [6.07, 6.45) is -5.59. The van der Waals surface area contributed by atoms with Gasteiger partial charge in [0.05, 0.1) is 12.0 Å². The van der Waals surface area contributed by atoms with Crippen molar-refractivity contribution in [2.75, 3.05) is 19.6 Å². The molecule has 0 spiro atoms. The van der Waals surface area contributed by atoms with Crippen LogP contribution in [0.3, 0.4) is 0 Å². The molecule has 2 heterocycles. The minimum atomic E-state index is -4.48. The first-order valence-corrected chi connectivity index (χ1v) is 7.53. The van der Waals surface area contributed by atoms with Crippen molar-refractivity contribution < 1.29 is 27.9 Å². The first-order chi connectivity index (χ1) is 10.3. The van der Waals surface area contributed by atoms with E-state index in [4.69, 9.17) is 0 Å². The van der Waals surface area contributed by atoms with Gasteiger partial charge in [0, 0.05) is 19.5 Å². The summed E-state index contributed by atoms with van der Waals surface area (Å²) in [7, 11) is 0. The van der Waals surface area contributed by atoms with Crippen molar-refractivity contribution in [1.29, 1.82) is 0 Å². The van der Waals surface area contributed by atoms with E-state index in [1.54, 1.807) is 16.8 Å². The maximum Gasteiger partial charge on any atom is 0.406 e. The van der Waals surface area contributed by atoms with E-state index >= 15 is 0 Å². The predicted octanol–water partition coefficient (Wildman–Crippen LogP) is 1.31. The van der Waals surface area contributed by atoms with Crippen LogP contribution < -0.4 is 5.32 Å². The van der Waals surface area contributed by atoms with Crippen molar-refractivity contribution in [3.8, 4) is 0 Å². The standard InChI is InChI=1S/C13H15F3N2O3S/c14-13(15,16)7-18-5-9(3-11(18)20)12(21)17-4-10(19)8-1-2-22-6-8/h1-2,6,9-10,19H,3-5,7H2,(H,17,21). The Morgan fingerprint density at radius 3 is 2.86 bits per heavy atom. The van der Waals surface area contributed by atoms with Crippen LogP contribution in [-0.2, 0) is 9.59 Å². The third-order valence-electron chi connectivity index (χ3n) is 3.35. The van der Waals surface area contributed by atoms with Crippen LogP contribution in [0.4, 0.5) is 13.2 Å². The van der Waals surface area contributed by atoms with Crippen molar-refractivity contribution in [2.24, 2.45) is 5.92 Å². The van der Waals surface area contributed by atoms with Gasteiger partial charge in [0.1, 0.15) is 6.54 Å². The number of hydrogen-bond donors (Lipinski definition) is 2. The largest absolute Gasteiger partial charge is 0.406 e. The molecule has 9 heteroatoms. The van der Waals surface area contributed by atoms with Crippen LogP contribution in [0.5, 0.6) is 0 Å². The van der Waals surface area contributed by atoms with E-state index in [0.29, 0.717) is 10.5 Å². The van der Waals surface area contributed by atoms with E-state index in [1.165, 1.54) is 11.3 Å². The normalized spacial score (nSPS) is 20.3. The Kier molecular flexibility index (Phi) is 5.07. The highest BCUT2D eigenvalue weighted by molar-refractivity contribution is 7.07. The maximum atomic E-state index is 12.3. The highest BCUT2D eigenvalue weighted by Crippen LogP contribution is 2.24. The molecule has 2 rings (SSSR count). The zero-order valence-electron chi connectivity index (χ0n) is 11.5. The number of hydrogen-bond acceptors (Lipinski definition) is 4. The minimum absolute atomic E-state index is 0.0421. The lowest BCUT2D eigenvalue weighted by Gasteiger charge is -2.18. The van der Waals surface area contributed by atoms with Crippen LogP contribution in [0.1, 0.15) is 18.1 Å². The van der Waals surface area contributed by atoms with Gasteiger partial charge in [-0.25, -0.2) is 0 Å². The Bertz CT molecular complexity index is 533. The fourth-order valence-electron chi connectivity index (χ4n) is 2.24. The second kappa shape index (κ2) is 6.66. The van der Waals surface area contributed by atoms with Crippen molar-refractivity contribution in [3.05, 3.63) is 22.4 Å². The number of aliphatic hydroxyl groups excluding tert-OH is 1. The summed E-state index contributed by atoms with van der Waals surface area (Å²) >= 11 is 1.40. The molecule has 1 aliphatic rings. The van der Waals surface area contributed by atoms with Crippen LogP contribution in [0.25, 0.3) is 0 Å². The van der Waals surface area contributed by atoms with E-state index < -0.39 is 36.6 Å². The summed E-state index contributed by atoms with van der Waals surface area (Å²) in [6, 6.07) is 1.71. The van der Waals surface area contributed by atoms with Gasteiger partial charge in [0.2, 0.25) is 11.8 Å². The third-order valence-corrected chi connectivity index (χ3v) is 4.05. The Labute approximate surface area is 128 Å². The zero-order valence-corrected chi connectivity index (χ0v) is 12.3. The van der Waals surface area contributed by atoms with Crippen molar-refractivity contribution >= 4 is 23.2 Å². The molecule has 1 aromatic heterocycles. The molecule has 2 atom stereocenters. The maximum absolute atomic E-state index is 12.3. The number of aliphatic hydroxyl groups is 1. The van der Waals surface area contributed by atoms with Crippen LogP contribution in [-0.4, -0.2) is 47.6 Å². The number of rotatable bonds is 5. The molecular formula is C13H15F3N2O3S. The van der Waals surface area contributed by atoms with E-state index in [2.05, 4.69) is 5.32 Å². The fraction of sp³-hybridized carbons (Fsp3) is 0.538. The number of thiophene rings is 1. The Balaban J connectivity index is 1.82. The molecule has 5 nitrogen and oxygen atoms in total. The number of carbonyl (C=O) groups is 2. The van der Waals surface area contributed by atoms with E-state index in [0.717, 1.165) is 0 Å². The smallest absolute Gasteiger partial charge is 0.387 e. The molecule has 0 aliphatic carbocycles. The summed E-state index contributed by atoms with van der Waals surface area (Å²) in [5.74, 6) is -2.02. The SMILES string of the molecule is O=C(NCC(O)c1ccsc1)C1CC(=O)N(CC(F)(F)F)C1. The lowest BCUT2D eigenvalue weighted by atomic mass is 10.1. The number of alkyl halides is 3.